The van der Waals surface area contributed by atoms with E-state index in [9.17, 15) is 0 Å². The van der Waals surface area contributed by atoms with Crippen LogP contribution in [0.4, 0.5) is 0 Å². The molecule has 0 saturated heterocycles. The van der Waals surface area contributed by atoms with Gasteiger partial charge in [0.25, 0.3) is 0 Å². The molecule has 3 heteroatoms. The maximum atomic E-state index is 4.37. The van der Waals surface area contributed by atoms with Gasteiger partial charge in [-0.1, -0.05) is 20.3 Å². The minimum atomic E-state index is 0.399. The molecule has 0 amide bonds. The van der Waals surface area contributed by atoms with Gasteiger partial charge in [-0.05, 0) is 38.0 Å². The van der Waals surface area contributed by atoms with Crippen molar-refractivity contribution in [2.24, 2.45) is 5.41 Å². The molecule has 1 aromatic heterocycles. The van der Waals surface area contributed by atoms with Crippen molar-refractivity contribution in [3.8, 4) is 0 Å². The zero-order chi connectivity index (χ0) is 12.3. The second-order valence-corrected chi connectivity index (χ2v) is 7.06. The molecule has 1 N–H and O–H groups in total. The molecule has 1 saturated carbocycles. The van der Waals surface area contributed by atoms with Gasteiger partial charge in [-0.25, -0.2) is 4.98 Å². The van der Waals surface area contributed by atoms with E-state index < -0.39 is 0 Å². The summed E-state index contributed by atoms with van der Waals surface area (Å²) in [4.78, 5) is 5.81. The van der Waals surface area contributed by atoms with E-state index in [0.717, 1.165) is 12.6 Å². The molecule has 96 valence electrons. The number of hydrogen-bond donors (Lipinski definition) is 1. The summed E-state index contributed by atoms with van der Waals surface area (Å²) in [6.45, 7) is 7.95. The van der Waals surface area contributed by atoms with Crippen LogP contribution in [-0.2, 0) is 6.42 Å². The van der Waals surface area contributed by atoms with Crippen LogP contribution in [0, 0.1) is 12.3 Å². The van der Waals surface area contributed by atoms with Crippen molar-refractivity contribution in [1.29, 1.82) is 0 Å². The SMILES string of the molecule is CCCC(C)(CNC1CC1)Cc1cnc(C)s1. The number of thiazole rings is 1. The van der Waals surface area contributed by atoms with Gasteiger partial charge in [0, 0.05) is 23.7 Å². The second-order valence-electron chi connectivity index (χ2n) is 5.74. The lowest BCUT2D eigenvalue weighted by Crippen LogP contribution is -2.34. The first-order valence-corrected chi connectivity index (χ1v) is 7.58. The van der Waals surface area contributed by atoms with E-state index in [0.29, 0.717) is 5.41 Å². The van der Waals surface area contributed by atoms with Crippen molar-refractivity contribution in [2.75, 3.05) is 6.54 Å². The number of nitrogens with one attached hydrogen (secondary N) is 1. The lowest BCUT2D eigenvalue weighted by atomic mass is 9.81. The quantitative estimate of drug-likeness (QED) is 0.802. The van der Waals surface area contributed by atoms with E-state index >= 15 is 0 Å². The molecule has 2 nitrogen and oxygen atoms in total. The molecule has 0 aliphatic heterocycles. The Hall–Kier alpha value is -0.410. The molecule has 1 heterocycles. The molecule has 0 aromatic carbocycles. The Balaban J connectivity index is 1.93. The number of aryl methyl sites for hydroxylation is 1. The Bertz CT molecular complexity index is 357. The second kappa shape index (κ2) is 5.49. The fraction of sp³-hybridized carbons (Fsp3) is 0.786. The predicted octanol–water partition coefficient (Wildman–Crippen LogP) is 3.55. The zero-order valence-electron chi connectivity index (χ0n) is 11.3. The van der Waals surface area contributed by atoms with Crippen LogP contribution < -0.4 is 5.32 Å². The highest BCUT2D eigenvalue weighted by Gasteiger charge is 2.28. The highest BCUT2D eigenvalue weighted by atomic mass is 32.1. The summed E-state index contributed by atoms with van der Waals surface area (Å²) < 4.78 is 0. The molecular weight excluding hydrogens is 228 g/mol. The van der Waals surface area contributed by atoms with Crippen molar-refractivity contribution in [2.45, 2.75) is 58.9 Å². The van der Waals surface area contributed by atoms with Gasteiger partial charge < -0.3 is 5.32 Å². The van der Waals surface area contributed by atoms with Gasteiger partial charge in [0.1, 0.15) is 0 Å². The molecule has 0 radical (unpaired) electrons. The van der Waals surface area contributed by atoms with Gasteiger partial charge in [-0.2, -0.15) is 0 Å². The van der Waals surface area contributed by atoms with Crippen LogP contribution in [0.1, 0.15) is 49.4 Å². The van der Waals surface area contributed by atoms with Crippen LogP contribution in [0.5, 0.6) is 0 Å². The van der Waals surface area contributed by atoms with Crippen molar-refractivity contribution in [1.82, 2.24) is 10.3 Å². The summed E-state index contributed by atoms with van der Waals surface area (Å²) in [5.74, 6) is 0. The largest absolute Gasteiger partial charge is 0.313 e. The number of rotatable bonds is 7. The van der Waals surface area contributed by atoms with Gasteiger partial charge in [0.2, 0.25) is 0 Å². The Kier molecular flexibility index (Phi) is 4.21. The standard InChI is InChI=1S/C14H24N2S/c1-4-7-14(3,10-16-12-5-6-12)8-13-9-15-11(2)17-13/h9,12,16H,4-8,10H2,1-3H3. The van der Waals surface area contributed by atoms with E-state index in [1.807, 2.05) is 11.3 Å². The molecular formula is C14H24N2S. The van der Waals surface area contributed by atoms with Crippen LogP contribution in [0.2, 0.25) is 0 Å². The number of nitrogens with zero attached hydrogens (tertiary/aromatic N) is 1. The molecule has 0 spiro atoms. The minimum absolute atomic E-state index is 0.399. The third kappa shape index (κ3) is 4.07. The van der Waals surface area contributed by atoms with Gasteiger partial charge in [-0.3, -0.25) is 0 Å². The molecule has 0 bridgehead atoms. The highest BCUT2D eigenvalue weighted by molar-refractivity contribution is 7.11. The molecule has 1 aliphatic carbocycles. The smallest absolute Gasteiger partial charge is 0.0896 e. The van der Waals surface area contributed by atoms with E-state index in [2.05, 4.69) is 37.3 Å². The van der Waals surface area contributed by atoms with E-state index in [-0.39, 0.29) is 0 Å². The minimum Gasteiger partial charge on any atom is -0.313 e. The molecule has 2 rings (SSSR count). The van der Waals surface area contributed by atoms with Crippen LogP contribution in [0.15, 0.2) is 6.20 Å². The summed E-state index contributed by atoms with van der Waals surface area (Å²) in [7, 11) is 0. The molecule has 1 unspecified atom stereocenters. The topological polar surface area (TPSA) is 24.9 Å². The van der Waals surface area contributed by atoms with Crippen LogP contribution in [0.25, 0.3) is 0 Å². The third-order valence-electron chi connectivity index (χ3n) is 3.52. The van der Waals surface area contributed by atoms with Gasteiger partial charge >= 0.3 is 0 Å². The molecule has 1 atom stereocenters. The van der Waals surface area contributed by atoms with Crippen molar-refractivity contribution in [3.05, 3.63) is 16.1 Å². The van der Waals surface area contributed by atoms with Crippen LogP contribution in [0.3, 0.4) is 0 Å². The Labute approximate surface area is 109 Å². The van der Waals surface area contributed by atoms with Gasteiger partial charge in [0.05, 0.1) is 5.01 Å². The molecule has 17 heavy (non-hydrogen) atoms. The first-order valence-electron chi connectivity index (χ1n) is 6.76. The maximum absolute atomic E-state index is 4.37. The first-order chi connectivity index (χ1) is 8.11. The molecule has 1 aromatic rings. The monoisotopic (exact) mass is 252 g/mol. The van der Waals surface area contributed by atoms with Gasteiger partial charge in [-0.15, -0.1) is 11.3 Å². The highest BCUT2D eigenvalue weighted by Crippen LogP contribution is 2.31. The normalized spacial score (nSPS) is 19.2. The average molecular weight is 252 g/mol. The Morgan fingerprint density at radius 1 is 1.53 bits per heavy atom. The summed E-state index contributed by atoms with van der Waals surface area (Å²) in [6, 6.07) is 0.814. The summed E-state index contributed by atoms with van der Waals surface area (Å²) in [6.07, 6.45) is 8.55. The predicted molar refractivity (Wildman–Crippen MR) is 74.6 cm³/mol. The lowest BCUT2D eigenvalue weighted by molar-refractivity contribution is 0.276. The van der Waals surface area contributed by atoms with Crippen molar-refractivity contribution in [3.63, 3.8) is 0 Å². The summed E-state index contributed by atoms with van der Waals surface area (Å²) in [5, 5.41) is 4.88. The average Bonchev–Trinajstić information content (AvgIpc) is 3.01. The summed E-state index contributed by atoms with van der Waals surface area (Å²) in [5.41, 5.74) is 0.399. The van der Waals surface area contributed by atoms with Crippen LogP contribution >= 0.6 is 11.3 Å². The number of hydrogen-bond acceptors (Lipinski definition) is 3. The Morgan fingerprint density at radius 2 is 2.29 bits per heavy atom. The van der Waals surface area contributed by atoms with Crippen molar-refractivity contribution < 1.29 is 0 Å². The lowest BCUT2D eigenvalue weighted by Gasteiger charge is -2.29. The van der Waals surface area contributed by atoms with E-state index in [4.69, 9.17) is 0 Å². The summed E-state index contributed by atoms with van der Waals surface area (Å²) >= 11 is 1.85. The fourth-order valence-corrected chi connectivity index (χ4v) is 3.44. The zero-order valence-corrected chi connectivity index (χ0v) is 12.1. The number of aromatic nitrogens is 1. The van der Waals surface area contributed by atoms with Crippen LogP contribution in [-0.4, -0.2) is 17.6 Å². The maximum Gasteiger partial charge on any atom is 0.0896 e. The first kappa shape index (κ1) is 13.0. The van der Waals surface area contributed by atoms with Crippen molar-refractivity contribution >= 4 is 11.3 Å². The molecule has 1 fully saturated rings. The third-order valence-corrected chi connectivity index (χ3v) is 4.43. The Morgan fingerprint density at radius 3 is 2.82 bits per heavy atom. The van der Waals surface area contributed by atoms with E-state index in [1.165, 1.54) is 42.0 Å². The van der Waals surface area contributed by atoms with E-state index in [1.54, 1.807) is 0 Å². The molecule has 1 aliphatic rings. The fourth-order valence-electron chi connectivity index (χ4n) is 2.43. The van der Waals surface area contributed by atoms with Gasteiger partial charge in [0.15, 0.2) is 0 Å².